The summed E-state index contributed by atoms with van der Waals surface area (Å²) >= 11 is 0. The predicted octanol–water partition coefficient (Wildman–Crippen LogP) is 3.85. The van der Waals surface area contributed by atoms with E-state index in [9.17, 15) is 0 Å². The van der Waals surface area contributed by atoms with Crippen LogP contribution in [0, 0.1) is 0 Å². The van der Waals surface area contributed by atoms with Gasteiger partial charge in [-0.1, -0.05) is 60.6 Å². The molecule has 3 aromatic rings. The third-order valence-electron chi connectivity index (χ3n) is 5.25. The van der Waals surface area contributed by atoms with Crippen LogP contribution in [0.15, 0.2) is 59.8 Å². The molecule has 0 aliphatic carbocycles. The van der Waals surface area contributed by atoms with Gasteiger partial charge in [0.1, 0.15) is 5.82 Å². The monoisotopic (exact) mass is 360 g/mol. The van der Waals surface area contributed by atoms with Gasteiger partial charge in [-0.2, -0.15) is 0 Å². The number of benzene rings is 2. The normalized spacial score (nSPS) is 15.7. The van der Waals surface area contributed by atoms with Crippen LogP contribution in [0.2, 0.25) is 0 Å². The topological polar surface area (TPSA) is 52.0 Å². The fourth-order valence-corrected chi connectivity index (χ4v) is 3.65. The van der Waals surface area contributed by atoms with Gasteiger partial charge in [0.2, 0.25) is 0 Å². The Bertz CT molecular complexity index is 944. The van der Waals surface area contributed by atoms with E-state index in [4.69, 9.17) is 10.2 Å². The van der Waals surface area contributed by atoms with Crippen molar-refractivity contribution in [3.63, 3.8) is 0 Å². The predicted molar refractivity (Wildman–Crippen MR) is 111 cm³/mol. The number of likely N-dealkylation sites (N-methyl/N-ethyl adjacent to an activating group) is 1. The van der Waals surface area contributed by atoms with E-state index >= 15 is 0 Å². The Kier molecular flexibility index (Phi) is 5.03. The Morgan fingerprint density at radius 2 is 1.78 bits per heavy atom. The van der Waals surface area contributed by atoms with Crippen molar-refractivity contribution >= 4 is 22.8 Å². The van der Waals surface area contributed by atoms with Gasteiger partial charge in [-0.15, -0.1) is 0 Å². The molecule has 4 rings (SSSR count). The maximum atomic E-state index is 8.69. The van der Waals surface area contributed by atoms with Crippen LogP contribution >= 0.6 is 0 Å². The van der Waals surface area contributed by atoms with Crippen LogP contribution in [0.5, 0.6) is 0 Å². The number of pyridine rings is 1. The number of hydrogen-bond acceptors (Lipinski definition) is 5. The summed E-state index contributed by atoms with van der Waals surface area (Å²) in [5.74, 6) is 1.07. The van der Waals surface area contributed by atoms with Crippen molar-refractivity contribution in [1.29, 1.82) is 0 Å². The van der Waals surface area contributed by atoms with E-state index in [2.05, 4.69) is 52.2 Å². The molecule has 138 valence electrons. The molecule has 1 aliphatic heterocycles. The molecule has 1 aromatic heterocycles. The highest BCUT2D eigenvalue weighted by Crippen LogP contribution is 2.30. The smallest absolute Gasteiger partial charge is 0.137 e. The second-order valence-electron chi connectivity index (χ2n) is 6.84. The molecule has 0 atom stereocenters. The molecule has 1 aliphatic rings. The Morgan fingerprint density at radius 1 is 1.04 bits per heavy atom. The van der Waals surface area contributed by atoms with Gasteiger partial charge in [-0.3, -0.25) is 0 Å². The molecule has 0 saturated carbocycles. The maximum absolute atomic E-state index is 8.69. The lowest BCUT2D eigenvalue weighted by Crippen LogP contribution is -2.46. The van der Waals surface area contributed by atoms with Crippen LogP contribution in [0.4, 0.5) is 5.82 Å². The lowest BCUT2D eigenvalue weighted by atomic mass is 10.0. The van der Waals surface area contributed by atoms with Crippen molar-refractivity contribution in [3.8, 4) is 11.3 Å². The molecule has 1 fully saturated rings. The van der Waals surface area contributed by atoms with Gasteiger partial charge in [-0.05, 0) is 23.6 Å². The van der Waals surface area contributed by atoms with Crippen molar-refractivity contribution in [2.75, 3.05) is 37.6 Å². The Balaban J connectivity index is 1.74. The van der Waals surface area contributed by atoms with Gasteiger partial charge >= 0.3 is 0 Å². The number of oxime groups is 1. The molecule has 27 heavy (non-hydrogen) atoms. The Labute approximate surface area is 159 Å². The van der Waals surface area contributed by atoms with Crippen LogP contribution in [-0.4, -0.2) is 54.0 Å². The van der Waals surface area contributed by atoms with Crippen molar-refractivity contribution in [2.45, 2.75) is 6.92 Å². The summed E-state index contributed by atoms with van der Waals surface area (Å²) < 4.78 is 0. The molecule has 0 unspecified atom stereocenters. The molecule has 0 radical (unpaired) electrons. The van der Waals surface area contributed by atoms with Gasteiger partial charge in [-0.25, -0.2) is 4.98 Å². The third kappa shape index (κ3) is 3.64. The van der Waals surface area contributed by atoms with Crippen LogP contribution in [-0.2, 0) is 0 Å². The zero-order valence-electron chi connectivity index (χ0n) is 15.5. The molecule has 1 N–H and O–H groups in total. The van der Waals surface area contributed by atoms with Gasteiger partial charge < -0.3 is 15.0 Å². The van der Waals surface area contributed by atoms with E-state index in [-0.39, 0.29) is 0 Å². The largest absolute Gasteiger partial charge is 0.411 e. The average Bonchev–Trinajstić information content (AvgIpc) is 2.74. The minimum Gasteiger partial charge on any atom is -0.411 e. The summed E-state index contributed by atoms with van der Waals surface area (Å²) in [4.78, 5) is 9.93. The van der Waals surface area contributed by atoms with E-state index in [1.165, 1.54) is 17.0 Å². The van der Waals surface area contributed by atoms with Crippen molar-refractivity contribution < 1.29 is 5.21 Å². The summed E-state index contributed by atoms with van der Waals surface area (Å²) in [6.45, 7) is 7.47. The summed E-state index contributed by atoms with van der Waals surface area (Å²) in [5.41, 5.74) is 2.89. The highest BCUT2D eigenvalue weighted by atomic mass is 16.4. The van der Waals surface area contributed by atoms with Gasteiger partial charge in [0.15, 0.2) is 0 Å². The van der Waals surface area contributed by atoms with Gasteiger partial charge in [0, 0.05) is 37.1 Å². The third-order valence-corrected chi connectivity index (χ3v) is 5.25. The van der Waals surface area contributed by atoms with Crippen LogP contribution < -0.4 is 4.90 Å². The maximum Gasteiger partial charge on any atom is 0.137 e. The van der Waals surface area contributed by atoms with Gasteiger partial charge in [0.05, 0.1) is 11.9 Å². The quantitative estimate of drug-likeness (QED) is 0.436. The summed E-state index contributed by atoms with van der Waals surface area (Å²) in [6, 6.07) is 18.5. The zero-order chi connectivity index (χ0) is 18.6. The van der Waals surface area contributed by atoms with Crippen molar-refractivity contribution in [2.24, 2.45) is 5.16 Å². The number of piperazine rings is 1. The number of fused-ring (bicyclic) bond motifs is 1. The highest BCUT2D eigenvalue weighted by molar-refractivity contribution is 5.95. The SMILES string of the molecule is CCN1CCN(c2nc(-c3ccc(C=NO)cc3)cc3ccccc23)CC1. The van der Waals surface area contributed by atoms with E-state index in [0.717, 1.165) is 55.4 Å². The Hall–Kier alpha value is -2.92. The second-order valence-corrected chi connectivity index (χ2v) is 6.84. The minimum atomic E-state index is 0.859. The molecule has 1 saturated heterocycles. The molecule has 0 spiro atoms. The zero-order valence-corrected chi connectivity index (χ0v) is 15.5. The Morgan fingerprint density at radius 3 is 2.48 bits per heavy atom. The van der Waals surface area contributed by atoms with E-state index in [0.29, 0.717) is 0 Å². The molecule has 5 nitrogen and oxygen atoms in total. The van der Waals surface area contributed by atoms with Crippen LogP contribution in [0.1, 0.15) is 12.5 Å². The molecule has 5 heteroatoms. The molecule has 2 aromatic carbocycles. The first-order valence-electron chi connectivity index (χ1n) is 9.43. The van der Waals surface area contributed by atoms with Crippen LogP contribution in [0.3, 0.4) is 0 Å². The average molecular weight is 360 g/mol. The number of rotatable bonds is 4. The van der Waals surface area contributed by atoms with Gasteiger partial charge in [0.25, 0.3) is 0 Å². The number of nitrogens with zero attached hydrogens (tertiary/aromatic N) is 4. The highest BCUT2D eigenvalue weighted by Gasteiger charge is 2.19. The number of anilines is 1. The lowest BCUT2D eigenvalue weighted by Gasteiger charge is -2.35. The van der Waals surface area contributed by atoms with E-state index < -0.39 is 0 Å². The van der Waals surface area contributed by atoms with Crippen molar-refractivity contribution in [1.82, 2.24) is 9.88 Å². The van der Waals surface area contributed by atoms with E-state index in [1.807, 2.05) is 24.3 Å². The fourth-order valence-electron chi connectivity index (χ4n) is 3.65. The first-order chi connectivity index (χ1) is 13.3. The lowest BCUT2D eigenvalue weighted by molar-refractivity contribution is 0.271. The summed E-state index contributed by atoms with van der Waals surface area (Å²) in [6.07, 6.45) is 1.43. The standard InChI is InChI=1S/C22H24N4O/c1-2-25-11-13-26(14-12-25)22-20-6-4-3-5-19(20)15-21(24-22)18-9-7-17(8-10-18)16-23-27/h3-10,15-16,27H,2,11-14H2,1H3. The summed E-state index contributed by atoms with van der Waals surface area (Å²) in [7, 11) is 0. The molecule has 0 amide bonds. The van der Waals surface area contributed by atoms with Crippen LogP contribution in [0.25, 0.3) is 22.0 Å². The number of aromatic nitrogens is 1. The molecular formula is C22H24N4O. The minimum absolute atomic E-state index is 0.859. The first kappa shape index (κ1) is 17.5. The van der Waals surface area contributed by atoms with Crippen molar-refractivity contribution in [3.05, 3.63) is 60.2 Å². The molecule has 0 bridgehead atoms. The number of hydrogen-bond donors (Lipinski definition) is 1. The molecule has 2 heterocycles. The fraction of sp³-hybridized carbons (Fsp3) is 0.273. The summed E-state index contributed by atoms with van der Waals surface area (Å²) in [5, 5.41) is 14.2. The van der Waals surface area contributed by atoms with E-state index in [1.54, 1.807) is 0 Å². The second kappa shape index (κ2) is 7.76. The first-order valence-corrected chi connectivity index (χ1v) is 9.43. The molecular weight excluding hydrogens is 336 g/mol.